The Balaban J connectivity index is 2.88. The first-order chi connectivity index (χ1) is 4.31. The van der Waals surface area contributed by atoms with Gasteiger partial charge in [0.05, 0.1) is 12.7 Å². The predicted molar refractivity (Wildman–Crippen MR) is 34.0 cm³/mol. The zero-order valence-corrected chi connectivity index (χ0v) is 5.45. The lowest BCUT2D eigenvalue weighted by Gasteiger charge is -2.03. The van der Waals surface area contributed by atoms with E-state index < -0.39 is 6.10 Å². The van der Waals surface area contributed by atoms with Crippen molar-refractivity contribution in [3.05, 3.63) is 0 Å². The zero-order chi connectivity index (χ0) is 7.11. The summed E-state index contributed by atoms with van der Waals surface area (Å²) in [6.45, 7) is -0.0103. The van der Waals surface area contributed by atoms with Gasteiger partial charge in [0, 0.05) is 6.61 Å². The molecule has 0 aromatic rings. The Bertz CT molecular complexity index is 56.3. The SMILES string of the molecule is OCCCC[C@@H](O)CO. The van der Waals surface area contributed by atoms with Crippen molar-refractivity contribution in [2.45, 2.75) is 25.4 Å². The van der Waals surface area contributed by atoms with Crippen LogP contribution in [0.25, 0.3) is 0 Å². The third kappa shape index (κ3) is 5.76. The van der Waals surface area contributed by atoms with Gasteiger partial charge in [-0.1, -0.05) is 0 Å². The fraction of sp³-hybridized carbons (Fsp3) is 1.00. The van der Waals surface area contributed by atoms with E-state index in [4.69, 9.17) is 15.3 Å². The zero-order valence-electron chi connectivity index (χ0n) is 5.45. The number of aliphatic hydroxyl groups excluding tert-OH is 3. The van der Waals surface area contributed by atoms with Crippen LogP contribution in [-0.2, 0) is 0 Å². The molecule has 0 aliphatic rings. The molecule has 0 spiro atoms. The molecule has 0 amide bonds. The average molecular weight is 134 g/mol. The van der Waals surface area contributed by atoms with Crippen LogP contribution in [0.15, 0.2) is 0 Å². The Labute approximate surface area is 54.9 Å². The molecule has 0 heterocycles. The summed E-state index contributed by atoms with van der Waals surface area (Å²) in [4.78, 5) is 0. The van der Waals surface area contributed by atoms with Gasteiger partial charge in [0.2, 0.25) is 0 Å². The van der Waals surface area contributed by atoms with E-state index in [2.05, 4.69) is 0 Å². The molecule has 0 aliphatic carbocycles. The van der Waals surface area contributed by atoms with Gasteiger partial charge < -0.3 is 15.3 Å². The summed E-state index contributed by atoms with van der Waals surface area (Å²) in [5, 5.41) is 25.4. The van der Waals surface area contributed by atoms with E-state index in [1.54, 1.807) is 0 Å². The Kier molecular flexibility index (Phi) is 5.93. The molecule has 0 rings (SSSR count). The molecule has 0 saturated carbocycles. The molecule has 0 fully saturated rings. The van der Waals surface area contributed by atoms with Crippen LogP contribution in [0.3, 0.4) is 0 Å². The number of aliphatic hydroxyl groups is 3. The standard InChI is InChI=1S/C6H14O3/c7-4-2-1-3-6(9)5-8/h6-9H,1-5H2/t6-/m1/s1. The van der Waals surface area contributed by atoms with Gasteiger partial charge in [-0.3, -0.25) is 0 Å². The molecule has 3 N–H and O–H groups in total. The second-order valence-corrected chi connectivity index (χ2v) is 2.06. The molecule has 0 unspecified atom stereocenters. The lowest BCUT2D eigenvalue weighted by molar-refractivity contribution is 0.0848. The lowest BCUT2D eigenvalue weighted by Crippen LogP contribution is -2.11. The van der Waals surface area contributed by atoms with Gasteiger partial charge in [0.15, 0.2) is 0 Å². The van der Waals surface area contributed by atoms with E-state index in [9.17, 15) is 0 Å². The van der Waals surface area contributed by atoms with Crippen molar-refractivity contribution in [3.8, 4) is 0 Å². The van der Waals surface area contributed by atoms with Crippen LogP contribution >= 0.6 is 0 Å². The van der Waals surface area contributed by atoms with Crippen molar-refractivity contribution in [2.24, 2.45) is 0 Å². The molecule has 3 nitrogen and oxygen atoms in total. The Hall–Kier alpha value is -0.120. The van der Waals surface area contributed by atoms with Gasteiger partial charge in [0.25, 0.3) is 0 Å². The van der Waals surface area contributed by atoms with E-state index >= 15 is 0 Å². The summed E-state index contributed by atoms with van der Waals surface area (Å²) in [6, 6.07) is 0. The van der Waals surface area contributed by atoms with Gasteiger partial charge in [-0.25, -0.2) is 0 Å². The fourth-order valence-corrected chi connectivity index (χ4v) is 0.583. The second kappa shape index (κ2) is 6.01. The highest BCUT2D eigenvalue weighted by Crippen LogP contribution is 1.98. The summed E-state index contributed by atoms with van der Waals surface area (Å²) in [6.07, 6.45) is 1.46. The average Bonchev–Trinajstić information content (AvgIpc) is 1.89. The van der Waals surface area contributed by atoms with Crippen LogP contribution in [0.2, 0.25) is 0 Å². The van der Waals surface area contributed by atoms with E-state index in [0.717, 1.165) is 6.42 Å². The predicted octanol–water partition coefficient (Wildman–Crippen LogP) is -0.498. The molecular formula is C6H14O3. The van der Waals surface area contributed by atoms with Crippen molar-refractivity contribution in [2.75, 3.05) is 13.2 Å². The van der Waals surface area contributed by atoms with Gasteiger partial charge in [0.1, 0.15) is 0 Å². The van der Waals surface area contributed by atoms with Crippen molar-refractivity contribution >= 4 is 0 Å². The Morgan fingerprint density at radius 2 is 1.78 bits per heavy atom. The molecule has 0 aromatic heterocycles. The van der Waals surface area contributed by atoms with Crippen molar-refractivity contribution in [1.82, 2.24) is 0 Å². The quantitative estimate of drug-likeness (QED) is 0.444. The maximum Gasteiger partial charge on any atom is 0.0771 e. The molecule has 0 saturated heterocycles. The third-order valence-corrected chi connectivity index (χ3v) is 1.16. The topological polar surface area (TPSA) is 60.7 Å². The van der Waals surface area contributed by atoms with E-state index in [1.807, 2.05) is 0 Å². The Morgan fingerprint density at radius 3 is 2.22 bits per heavy atom. The third-order valence-electron chi connectivity index (χ3n) is 1.16. The molecule has 1 atom stereocenters. The maximum atomic E-state index is 8.75. The minimum absolute atomic E-state index is 0.165. The number of unbranched alkanes of at least 4 members (excludes halogenated alkanes) is 1. The van der Waals surface area contributed by atoms with Crippen LogP contribution in [0.5, 0.6) is 0 Å². The van der Waals surface area contributed by atoms with E-state index in [1.165, 1.54) is 0 Å². The largest absolute Gasteiger partial charge is 0.396 e. The van der Waals surface area contributed by atoms with Gasteiger partial charge in [-0.15, -0.1) is 0 Å². The summed E-state index contributed by atoms with van der Waals surface area (Å²) < 4.78 is 0. The monoisotopic (exact) mass is 134 g/mol. The molecule has 56 valence electrons. The van der Waals surface area contributed by atoms with Gasteiger partial charge in [-0.2, -0.15) is 0 Å². The minimum atomic E-state index is -0.600. The summed E-state index contributed by atoms with van der Waals surface area (Å²) in [7, 11) is 0. The normalized spacial score (nSPS) is 13.7. The molecular weight excluding hydrogens is 120 g/mol. The number of hydrogen-bond donors (Lipinski definition) is 3. The minimum Gasteiger partial charge on any atom is -0.396 e. The summed E-state index contributed by atoms with van der Waals surface area (Å²) >= 11 is 0. The van der Waals surface area contributed by atoms with Crippen LogP contribution in [-0.4, -0.2) is 34.6 Å². The van der Waals surface area contributed by atoms with E-state index in [-0.39, 0.29) is 13.2 Å². The second-order valence-electron chi connectivity index (χ2n) is 2.06. The van der Waals surface area contributed by atoms with Gasteiger partial charge >= 0.3 is 0 Å². The van der Waals surface area contributed by atoms with Gasteiger partial charge in [-0.05, 0) is 19.3 Å². The molecule has 0 aromatic carbocycles. The summed E-state index contributed by atoms with van der Waals surface area (Å²) in [5.41, 5.74) is 0. The molecule has 0 aliphatic heterocycles. The first-order valence-electron chi connectivity index (χ1n) is 3.21. The number of rotatable bonds is 5. The van der Waals surface area contributed by atoms with Crippen molar-refractivity contribution < 1.29 is 15.3 Å². The Morgan fingerprint density at radius 1 is 1.11 bits per heavy atom. The van der Waals surface area contributed by atoms with Crippen molar-refractivity contribution in [3.63, 3.8) is 0 Å². The highest BCUT2D eigenvalue weighted by Gasteiger charge is 1.99. The molecule has 9 heavy (non-hydrogen) atoms. The highest BCUT2D eigenvalue weighted by atomic mass is 16.3. The van der Waals surface area contributed by atoms with Crippen LogP contribution < -0.4 is 0 Å². The van der Waals surface area contributed by atoms with Crippen LogP contribution in [0, 0.1) is 0 Å². The first-order valence-corrected chi connectivity index (χ1v) is 3.21. The fourth-order valence-electron chi connectivity index (χ4n) is 0.583. The smallest absolute Gasteiger partial charge is 0.0771 e. The first kappa shape index (κ1) is 8.88. The highest BCUT2D eigenvalue weighted by molar-refractivity contribution is 4.51. The molecule has 0 bridgehead atoms. The summed E-state index contributed by atoms with van der Waals surface area (Å²) in [5.74, 6) is 0. The number of hydrogen-bond acceptors (Lipinski definition) is 3. The van der Waals surface area contributed by atoms with Crippen LogP contribution in [0.4, 0.5) is 0 Å². The molecule has 3 heteroatoms. The maximum absolute atomic E-state index is 8.75. The lowest BCUT2D eigenvalue weighted by atomic mass is 10.2. The van der Waals surface area contributed by atoms with Crippen LogP contribution in [0.1, 0.15) is 19.3 Å². The molecule has 0 radical (unpaired) electrons. The van der Waals surface area contributed by atoms with E-state index in [0.29, 0.717) is 12.8 Å². The van der Waals surface area contributed by atoms with Crippen molar-refractivity contribution in [1.29, 1.82) is 0 Å².